The van der Waals surface area contributed by atoms with Crippen LogP contribution in [0.2, 0.25) is 5.02 Å². The second kappa shape index (κ2) is 10.7. The minimum Gasteiger partial charge on any atom is -0.492 e. The zero-order valence-corrected chi connectivity index (χ0v) is 19.7. The van der Waals surface area contributed by atoms with Crippen LogP contribution < -0.4 is 14.4 Å². The number of carbonyl (C=O) groups excluding carboxylic acids is 1. The first-order valence-electron chi connectivity index (χ1n) is 10.3. The van der Waals surface area contributed by atoms with E-state index in [0.717, 1.165) is 4.31 Å². The summed E-state index contributed by atoms with van der Waals surface area (Å²) in [5.74, 6) is -0.586. The molecule has 33 heavy (non-hydrogen) atoms. The molecule has 1 atom stereocenters. The molecule has 3 rings (SSSR count). The highest BCUT2D eigenvalue weighted by Gasteiger charge is 2.29. The molecule has 0 aromatic heterocycles. The molecule has 0 aliphatic carbocycles. The number of amides is 1. The highest BCUT2D eigenvalue weighted by Crippen LogP contribution is 2.32. The summed E-state index contributed by atoms with van der Waals surface area (Å²) >= 11 is 5.92. The van der Waals surface area contributed by atoms with Gasteiger partial charge >= 0.3 is 0 Å². The highest BCUT2D eigenvalue weighted by molar-refractivity contribution is 7.92. The van der Waals surface area contributed by atoms with Gasteiger partial charge in [-0.25, -0.2) is 12.8 Å². The lowest BCUT2D eigenvalue weighted by Crippen LogP contribution is -2.41. The lowest BCUT2D eigenvalue weighted by molar-refractivity contribution is -0.120. The largest absolute Gasteiger partial charge is 0.492 e. The summed E-state index contributed by atoms with van der Waals surface area (Å²) in [6, 6.07) is 17.6. The molecule has 174 valence electrons. The van der Waals surface area contributed by atoms with Crippen molar-refractivity contribution in [1.29, 1.82) is 0 Å². The Morgan fingerprint density at radius 3 is 2.33 bits per heavy atom. The molecule has 0 bridgehead atoms. The summed E-state index contributed by atoms with van der Waals surface area (Å²) in [5.41, 5.74) is 0.922. The van der Waals surface area contributed by atoms with Crippen LogP contribution in [0, 0.1) is 5.82 Å². The Labute approximate surface area is 198 Å². The maximum absolute atomic E-state index is 13.5. The highest BCUT2D eigenvalue weighted by atomic mass is 35.5. The van der Waals surface area contributed by atoms with Crippen LogP contribution in [-0.2, 0) is 14.8 Å². The number of sulfonamides is 1. The minimum atomic E-state index is -4.13. The van der Waals surface area contributed by atoms with Crippen LogP contribution in [0.4, 0.5) is 10.1 Å². The fraction of sp³-hybridized carbons (Fsp3) is 0.208. The summed E-state index contributed by atoms with van der Waals surface area (Å²) in [7, 11) is -4.13. The third kappa shape index (κ3) is 6.03. The first-order chi connectivity index (χ1) is 15.7. The summed E-state index contributed by atoms with van der Waals surface area (Å²) in [6.45, 7) is 3.35. The number of nitrogens with zero attached hydrogens (tertiary/aromatic N) is 1. The molecule has 0 fully saturated rings. The van der Waals surface area contributed by atoms with Gasteiger partial charge in [-0.1, -0.05) is 35.9 Å². The Morgan fingerprint density at radius 2 is 1.70 bits per heavy atom. The molecule has 0 saturated carbocycles. The second-order valence-corrected chi connectivity index (χ2v) is 9.51. The molecule has 0 saturated heterocycles. The van der Waals surface area contributed by atoms with E-state index < -0.39 is 28.5 Å². The van der Waals surface area contributed by atoms with Crippen LogP contribution >= 0.6 is 11.6 Å². The quantitative estimate of drug-likeness (QED) is 0.460. The van der Waals surface area contributed by atoms with Gasteiger partial charge in [0.15, 0.2) is 0 Å². The molecule has 9 heteroatoms. The van der Waals surface area contributed by atoms with Gasteiger partial charge in [0.05, 0.1) is 23.2 Å². The molecular weight excluding hydrogens is 467 g/mol. The topological polar surface area (TPSA) is 75.7 Å². The molecule has 0 aliphatic rings. The normalized spacial score (nSPS) is 12.1. The van der Waals surface area contributed by atoms with Gasteiger partial charge < -0.3 is 10.1 Å². The van der Waals surface area contributed by atoms with Crippen molar-refractivity contribution >= 4 is 33.2 Å². The van der Waals surface area contributed by atoms with Crippen LogP contribution in [-0.4, -0.2) is 27.5 Å². The number of anilines is 1. The van der Waals surface area contributed by atoms with E-state index in [1.54, 1.807) is 50.2 Å². The zero-order valence-electron chi connectivity index (χ0n) is 18.2. The number of ether oxygens (including phenoxy) is 1. The molecule has 0 spiro atoms. The number of hydrogen-bond acceptors (Lipinski definition) is 4. The number of benzene rings is 3. The molecular formula is C24H24ClFN2O4S. The van der Waals surface area contributed by atoms with E-state index in [1.165, 1.54) is 36.4 Å². The molecule has 3 aromatic rings. The number of halogens is 2. The lowest BCUT2D eigenvalue weighted by Gasteiger charge is -2.26. The van der Waals surface area contributed by atoms with Crippen LogP contribution in [0.25, 0.3) is 0 Å². The molecule has 0 aliphatic heterocycles. The first kappa shape index (κ1) is 24.5. The summed E-state index contributed by atoms with van der Waals surface area (Å²) in [4.78, 5) is 12.9. The number of para-hydroxylation sites is 2. The third-order valence-electron chi connectivity index (χ3n) is 4.87. The van der Waals surface area contributed by atoms with Crippen molar-refractivity contribution in [2.24, 2.45) is 0 Å². The number of hydrogen-bond donors (Lipinski definition) is 1. The van der Waals surface area contributed by atoms with Crippen molar-refractivity contribution < 1.29 is 22.3 Å². The van der Waals surface area contributed by atoms with Crippen LogP contribution in [0.5, 0.6) is 5.75 Å². The van der Waals surface area contributed by atoms with Crippen molar-refractivity contribution in [2.45, 2.75) is 24.8 Å². The van der Waals surface area contributed by atoms with E-state index in [9.17, 15) is 17.6 Å². The summed E-state index contributed by atoms with van der Waals surface area (Å²) < 4.78 is 46.9. The predicted molar refractivity (Wildman–Crippen MR) is 127 cm³/mol. The molecule has 1 amide bonds. The molecule has 0 unspecified atom stereocenters. The SMILES string of the molecule is CCOc1ccccc1N(CC(=O)N[C@@H](C)c1ccc(F)cc1)S(=O)(=O)c1ccc(Cl)cc1. The monoisotopic (exact) mass is 490 g/mol. The molecule has 0 heterocycles. The van der Waals surface area contributed by atoms with Gasteiger partial charge in [0, 0.05) is 5.02 Å². The van der Waals surface area contributed by atoms with Gasteiger partial charge in [0.25, 0.3) is 10.0 Å². The van der Waals surface area contributed by atoms with E-state index in [-0.39, 0.29) is 16.4 Å². The molecule has 6 nitrogen and oxygen atoms in total. The van der Waals surface area contributed by atoms with Crippen molar-refractivity contribution in [3.8, 4) is 5.75 Å². The van der Waals surface area contributed by atoms with E-state index in [1.807, 2.05) is 0 Å². The maximum Gasteiger partial charge on any atom is 0.264 e. The average molecular weight is 491 g/mol. The molecule has 3 aromatic carbocycles. The van der Waals surface area contributed by atoms with Crippen molar-refractivity contribution in [3.63, 3.8) is 0 Å². The van der Waals surface area contributed by atoms with E-state index in [0.29, 0.717) is 22.9 Å². The smallest absolute Gasteiger partial charge is 0.264 e. The Balaban J connectivity index is 1.94. The first-order valence-corrected chi connectivity index (χ1v) is 12.1. The maximum atomic E-state index is 13.5. The van der Waals surface area contributed by atoms with Gasteiger partial charge in [-0.2, -0.15) is 0 Å². The fourth-order valence-electron chi connectivity index (χ4n) is 3.23. The second-order valence-electron chi connectivity index (χ2n) is 7.21. The molecule has 1 N–H and O–H groups in total. The van der Waals surface area contributed by atoms with Crippen LogP contribution in [0.3, 0.4) is 0 Å². The number of rotatable bonds is 9. The van der Waals surface area contributed by atoms with Crippen LogP contribution in [0.15, 0.2) is 77.7 Å². The summed E-state index contributed by atoms with van der Waals surface area (Å²) in [5, 5.41) is 3.16. The van der Waals surface area contributed by atoms with Crippen molar-refractivity contribution in [3.05, 3.63) is 89.2 Å². The Hall–Kier alpha value is -3.10. The Kier molecular flexibility index (Phi) is 7.94. The van der Waals surface area contributed by atoms with E-state index >= 15 is 0 Å². The van der Waals surface area contributed by atoms with Gasteiger partial charge in [-0.3, -0.25) is 9.10 Å². The third-order valence-corrected chi connectivity index (χ3v) is 6.90. The van der Waals surface area contributed by atoms with E-state index in [4.69, 9.17) is 16.3 Å². The predicted octanol–water partition coefficient (Wildman–Crippen LogP) is 4.95. The standard InChI is InChI=1S/C24H24ClFN2O4S/c1-3-32-23-7-5-4-6-22(23)28(33(30,31)21-14-10-19(25)11-15-21)16-24(29)27-17(2)18-8-12-20(26)13-9-18/h4-15,17H,3,16H2,1-2H3,(H,27,29)/t17-/m0/s1. The van der Waals surface area contributed by atoms with Gasteiger partial charge in [0.1, 0.15) is 18.1 Å². The average Bonchev–Trinajstić information content (AvgIpc) is 2.79. The van der Waals surface area contributed by atoms with E-state index in [2.05, 4.69) is 5.32 Å². The van der Waals surface area contributed by atoms with Gasteiger partial charge in [-0.15, -0.1) is 0 Å². The van der Waals surface area contributed by atoms with Gasteiger partial charge in [0.2, 0.25) is 5.91 Å². The zero-order chi connectivity index (χ0) is 24.0. The minimum absolute atomic E-state index is 0.0161. The lowest BCUT2D eigenvalue weighted by atomic mass is 10.1. The Bertz CT molecular complexity index is 1200. The number of nitrogens with one attached hydrogen (secondary N) is 1. The fourth-order valence-corrected chi connectivity index (χ4v) is 4.78. The van der Waals surface area contributed by atoms with Crippen molar-refractivity contribution in [2.75, 3.05) is 17.5 Å². The van der Waals surface area contributed by atoms with Gasteiger partial charge in [-0.05, 0) is 67.9 Å². The van der Waals surface area contributed by atoms with Crippen LogP contribution in [0.1, 0.15) is 25.5 Å². The molecule has 0 radical (unpaired) electrons. The summed E-state index contributed by atoms with van der Waals surface area (Å²) in [6.07, 6.45) is 0. The Morgan fingerprint density at radius 1 is 1.06 bits per heavy atom. The van der Waals surface area contributed by atoms with Crippen molar-refractivity contribution in [1.82, 2.24) is 5.32 Å². The number of carbonyl (C=O) groups is 1.